The van der Waals surface area contributed by atoms with E-state index in [0.29, 0.717) is 19.3 Å². The minimum Gasteiger partial charge on any atom is -0.494 e. The Hall–Kier alpha value is -1.44. The summed E-state index contributed by atoms with van der Waals surface area (Å²) in [5.41, 5.74) is -1.18. The molecule has 1 heterocycles. The average Bonchev–Trinajstić information content (AvgIpc) is 3.21. The van der Waals surface area contributed by atoms with Gasteiger partial charge >= 0.3 is 0 Å². The van der Waals surface area contributed by atoms with Crippen LogP contribution in [0, 0.1) is 10.8 Å². The van der Waals surface area contributed by atoms with Gasteiger partial charge in [-0.15, -0.1) is 0 Å². The first-order valence-corrected chi connectivity index (χ1v) is 10.8. The molecule has 3 N–H and O–H groups in total. The molecule has 0 aromatic rings. The smallest absolute Gasteiger partial charge is 0.246 e. The zero-order valence-corrected chi connectivity index (χ0v) is 18.7. The molecule has 0 spiro atoms. The number of nitrogens with one attached hydrogen (secondary N) is 2. The molecule has 2 aliphatic rings. The lowest BCUT2D eigenvalue weighted by Crippen LogP contribution is -2.56. The van der Waals surface area contributed by atoms with Gasteiger partial charge in [-0.3, -0.25) is 15.0 Å². The van der Waals surface area contributed by atoms with Crippen LogP contribution in [0.3, 0.4) is 0 Å². The zero-order chi connectivity index (χ0) is 21.7. The Morgan fingerprint density at radius 1 is 1.21 bits per heavy atom. The quantitative estimate of drug-likeness (QED) is 0.398. The van der Waals surface area contributed by atoms with Gasteiger partial charge in [0.25, 0.3) is 0 Å². The molecule has 2 fully saturated rings. The Morgan fingerprint density at radius 3 is 2.41 bits per heavy atom. The Balaban J connectivity index is 1.90. The number of aliphatic hydroxyl groups excluding tert-OH is 1. The summed E-state index contributed by atoms with van der Waals surface area (Å²) in [5.74, 6) is -0.590. The van der Waals surface area contributed by atoms with Crippen molar-refractivity contribution >= 4 is 11.6 Å². The van der Waals surface area contributed by atoms with Crippen molar-refractivity contribution in [2.24, 2.45) is 5.41 Å². The minimum absolute atomic E-state index is 0.188. The van der Waals surface area contributed by atoms with Crippen LogP contribution in [0.5, 0.6) is 0 Å². The molecule has 0 aromatic heterocycles. The van der Waals surface area contributed by atoms with Crippen molar-refractivity contribution in [2.75, 3.05) is 20.3 Å². The van der Waals surface area contributed by atoms with Gasteiger partial charge in [0.15, 0.2) is 12.2 Å². The van der Waals surface area contributed by atoms with Crippen LogP contribution in [0.4, 0.5) is 0 Å². The third-order valence-electron chi connectivity index (χ3n) is 6.33. The second-order valence-electron chi connectivity index (χ2n) is 9.50. The highest BCUT2D eigenvalue weighted by molar-refractivity contribution is 5.98. The Morgan fingerprint density at radius 2 is 1.83 bits per heavy atom. The van der Waals surface area contributed by atoms with E-state index in [1.165, 1.54) is 18.9 Å². The van der Waals surface area contributed by atoms with E-state index in [9.17, 15) is 9.90 Å². The summed E-state index contributed by atoms with van der Waals surface area (Å²) < 4.78 is 11.4. The van der Waals surface area contributed by atoms with Gasteiger partial charge in [-0.05, 0) is 53.0 Å². The molecule has 1 aliphatic carbocycles. The van der Waals surface area contributed by atoms with Crippen molar-refractivity contribution in [3.05, 3.63) is 12.0 Å². The van der Waals surface area contributed by atoms with Gasteiger partial charge in [0.1, 0.15) is 0 Å². The Labute approximate surface area is 175 Å². The van der Waals surface area contributed by atoms with E-state index in [0.717, 1.165) is 32.1 Å². The lowest BCUT2D eigenvalue weighted by atomic mass is 9.88. The van der Waals surface area contributed by atoms with E-state index in [1.54, 1.807) is 0 Å². The van der Waals surface area contributed by atoms with E-state index in [-0.39, 0.29) is 23.8 Å². The fraction of sp³-hybridized carbons (Fsp3) is 0.818. The molecule has 0 bridgehead atoms. The van der Waals surface area contributed by atoms with E-state index in [1.807, 2.05) is 34.7 Å². The number of hydrogen-bond acceptors (Lipinski definition) is 6. The molecule has 1 unspecified atom stereocenters. The molecule has 7 nitrogen and oxygen atoms in total. The normalized spacial score (nSPS) is 22.1. The monoisotopic (exact) mass is 409 g/mol. The second kappa shape index (κ2) is 10.0. The van der Waals surface area contributed by atoms with Crippen LogP contribution in [0.1, 0.15) is 72.6 Å². The van der Waals surface area contributed by atoms with Crippen molar-refractivity contribution in [1.82, 2.24) is 10.2 Å². The number of nitrogens with zero attached hydrogens (tertiary/aromatic N) is 1. The summed E-state index contributed by atoms with van der Waals surface area (Å²) in [7, 11) is 1.96. The molecular weight excluding hydrogens is 370 g/mol. The maximum atomic E-state index is 12.8. The third kappa shape index (κ3) is 6.52. The van der Waals surface area contributed by atoms with Crippen molar-refractivity contribution in [2.45, 2.75) is 90.5 Å². The van der Waals surface area contributed by atoms with Crippen LogP contribution >= 0.6 is 0 Å². The highest BCUT2D eigenvalue weighted by Crippen LogP contribution is 2.28. The Kier molecular flexibility index (Phi) is 8.26. The van der Waals surface area contributed by atoms with Crippen LogP contribution in [-0.4, -0.2) is 59.8 Å². The fourth-order valence-corrected chi connectivity index (χ4v) is 3.77. The topological polar surface area (TPSA) is 94.9 Å². The number of hydrogen-bond donors (Lipinski definition) is 3. The number of ether oxygens (including phenoxy) is 2. The largest absolute Gasteiger partial charge is 0.494 e. The standard InChI is InChI=1S/C22H39N3O4/c1-21(2,15-29-19-12-8-9-13-28-19)17(23)14-18(26)24-20(27)22(3,4)25(5)16-10-6-7-11-16/h14,16,19,23,26H,6-13,15H2,1-5H3,(H,24,27)/b18-14-,23-17?. The molecule has 29 heavy (non-hydrogen) atoms. The predicted molar refractivity (Wildman–Crippen MR) is 114 cm³/mol. The third-order valence-corrected chi connectivity index (χ3v) is 6.33. The minimum atomic E-state index is -0.754. The second-order valence-corrected chi connectivity index (χ2v) is 9.50. The summed E-state index contributed by atoms with van der Waals surface area (Å²) in [6, 6.07) is 0.387. The zero-order valence-electron chi connectivity index (χ0n) is 18.7. The first kappa shape index (κ1) is 23.8. The number of carbonyl (C=O) groups excluding carboxylic acids is 1. The number of likely N-dealkylation sites (N-methyl/N-ethyl adjacent to an activating group) is 1. The lowest BCUT2D eigenvalue weighted by molar-refractivity contribution is -0.171. The van der Waals surface area contributed by atoms with Gasteiger partial charge in [0.2, 0.25) is 5.91 Å². The van der Waals surface area contributed by atoms with E-state index < -0.39 is 11.0 Å². The summed E-state index contributed by atoms with van der Waals surface area (Å²) in [6.07, 6.45) is 8.66. The predicted octanol–water partition coefficient (Wildman–Crippen LogP) is 3.74. The van der Waals surface area contributed by atoms with Crippen LogP contribution in [0.15, 0.2) is 12.0 Å². The molecular formula is C22H39N3O4. The van der Waals surface area contributed by atoms with Crippen molar-refractivity contribution in [3.63, 3.8) is 0 Å². The molecule has 1 atom stereocenters. The van der Waals surface area contributed by atoms with Gasteiger partial charge in [-0.2, -0.15) is 0 Å². The summed E-state index contributed by atoms with van der Waals surface area (Å²) >= 11 is 0. The molecule has 166 valence electrons. The first-order valence-electron chi connectivity index (χ1n) is 10.8. The molecule has 1 saturated heterocycles. The number of allylic oxidation sites excluding steroid dienone is 1. The van der Waals surface area contributed by atoms with Gasteiger partial charge in [-0.25, -0.2) is 0 Å². The highest BCUT2D eigenvalue weighted by atomic mass is 16.7. The van der Waals surface area contributed by atoms with Crippen molar-refractivity contribution in [3.8, 4) is 0 Å². The molecule has 1 aliphatic heterocycles. The summed E-state index contributed by atoms with van der Waals surface area (Å²) in [4.78, 5) is 14.9. The summed E-state index contributed by atoms with van der Waals surface area (Å²) in [6.45, 7) is 8.50. The molecule has 2 rings (SSSR count). The maximum Gasteiger partial charge on any atom is 0.246 e. The molecule has 0 radical (unpaired) electrons. The van der Waals surface area contributed by atoms with Gasteiger partial charge in [-0.1, -0.05) is 26.7 Å². The summed E-state index contributed by atoms with van der Waals surface area (Å²) in [5, 5.41) is 21.2. The number of rotatable bonds is 9. The van der Waals surface area contributed by atoms with Crippen LogP contribution < -0.4 is 5.32 Å². The number of amides is 1. The van der Waals surface area contributed by atoms with Gasteiger partial charge < -0.3 is 20.0 Å². The molecule has 7 heteroatoms. The van der Waals surface area contributed by atoms with E-state index in [4.69, 9.17) is 14.9 Å². The Bertz CT molecular complexity index is 603. The van der Waals surface area contributed by atoms with Gasteiger partial charge in [0.05, 0.1) is 12.1 Å². The molecule has 1 saturated carbocycles. The van der Waals surface area contributed by atoms with Crippen LogP contribution in [0.2, 0.25) is 0 Å². The van der Waals surface area contributed by atoms with Crippen LogP contribution in [-0.2, 0) is 14.3 Å². The highest BCUT2D eigenvalue weighted by Gasteiger charge is 2.37. The number of aliphatic hydroxyl groups is 1. The number of carbonyl (C=O) groups is 1. The van der Waals surface area contributed by atoms with E-state index >= 15 is 0 Å². The molecule has 1 amide bonds. The lowest BCUT2D eigenvalue weighted by Gasteiger charge is -2.38. The van der Waals surface area contributed by atoms with Gasteiger partial charge in [0, 0.05) is 29.9 Å². The fourth-order valence-electron chi connectivity index (χ4n) is 3.77. The average molecular weight is 410 g/mol. The molecule has 0 aromatic carbocycles. The van der Waals surface area contributed by atoms with Crippen LogP contribution in [0.25, 0.3) is 0 Å². The SMILES string of the molecule is CN(C1CCCC1)C(C)(C)C(=O)N/C(O)=C/C(=N)C(C)(C)COC1CCCCO1. The first-order chi connectivity index (χ1) is 13.5. The maximum absolute atomic E-state index is 12.8. The van der Waals surface area contributed by atoms with E-state index in [2.05, 4.69) is 10.2 Å². The van der Waals surface area contributed by atoms with Crippen molar-refractivity contribution in [1.29, 1.82) is 5.41 Å². The van der Waals surface area contributed by atoms with Crippen molar-refractivity contribution < 1.29 is 19.4 Å².